The average Bonchev–Trinajstić information content (AvgIpc) is 2.55. The molecule has 0 spiro atoms. The second-order valence-electron chi connectivity index (χ2n) is 6.61. The summed E-state index contributed by atoms with van der Waals surface area (Å²) in [4.78, 5) is 0. The Labute approximate surface area is 135 Å². The van der Waals surface area contributed by atoms with Crippen LogP contribution in [-0.2, 0) is 5.41 Å². The summed E-state index contributed by atoms with van der Waals surface area (Å²) < 4.78 is 0. The Hall–Kier alpha value is -1.91. The Balaban J connectivity index is 2.19. The molecule has 0 amide bonds. The van der Waals surface area contributed by atoms with Crippen molar-refractivity contribution < 1.29 is 0 Å². The van der Waals surface area contributed by atoms with Gasteiger partial charge in [0.25, 0.3) is 0 Å². The first-order chi connectivity index (χ1) is 10.5. The summed E-state index contributed by atoms with van der Waals surface area (Å²) in [5.74, 6) is 0. The van der Waals surface area contributed by atoms with Crippen LogP contribution in [0.3, 0.4) is 0 Å². The second-order valence-corrected chi connectivity index (χ2v) is 7.80. The maximum absolute atomic E-state index is 2.36. The van der Waals surface area contributed by atoms with Gasteiger partial charge in [0.15, 0.2) is 0 Å². The van der Waals surface area contributed by atoms with Crippen molar-refractivity contribution in [2.45, 2.75) is 26.2 Å². The molecule has 0 saturated heterocycles. The molecule has 0 unspecified atom stereocenters. The minimum atomic E-state index is 0.149. The largest absolute Gasteiger partial charge is 0.0622 e. The molecule has 0 aliphatic rings. The fourth-order valence-electron chi connectivity index (χ4n) is 2.48. The van der Waals surface area contributed by atoms with Gasteiger partial charge in [-0.05, 0) is 34.2 Å². The molecule has 0 nitrogen and oxygen atoms in total. The van der Waals surface area contributed by atoms with Gasteiger partial charge in [0.05, 0.1) is 0 Å². The summed E-state index contributed by atoms with van der Waals surface area (Å²) in [5.41, 5.74) is 4.17. The molecule has 0 radical (unpaired) electrons. The highest BCUT2D eigenvalue weighted by Gasteiger charge is 2.16. The third kappa shape index (κ3) is 3.29. The zero-order chi connectivity index (χ0) is 15.6. The van der Waals surface area contributed by atoms with Crippen LogP contribution < -0.4 is 0 Å². The predicted molar refractivity (Wildman–Crippen MR) is 98.5 cm³/mol. The fourth-order valence-corrected chi connectivity index (χ4v) is 3.70. The summed E-state index contributed by atoms with van der Waals surface area (Å²) in [5, 5.41) is 2.76. The minimum absolute atomic E-state index is 0.149. The Morgan fingerprint density at radius 2 is 1.05 bits per heavy atom. The number of rotatable bonds is 2. The van der Waals surface area contributed by atoms with Crippen molar-refractivity contribution in [3.8, 4) is 21.7 Å². The normalized spacial score (nSPS) is 11.4. The van der Waals surface area contributed by atoms with Gasteiger partial charge >= 0.3 is 0 Å². The van der Waals surface area contributed by atoms with E-state index in [1.807, 2.05) is 0 Å². The number of hydrogen-bond acceptors (Lipinski definition) is 0. The third-order valence-electron chi connectivity index (χ3n) is 3.83. The van der Waals surface area contributed by atoms with E-state index >= 15 is 0 Å². The smallest absolute Gasteiger partial charge is 0.00991 e. The summed E-state index contributed by atoms with van der Waals surface area (Å²) in [6.45, 7) is 6.84. The molecule has 0 saturated carbocycles. The predicted octanol–water partition coefficient (Wildman–Crippen LogP) is 6.90. The standard InChI is InChI=1S/C21H21P/c1-21(2,3)18-14-19(16-10-6-4-7-11-16)22-20(15-18)17-12-8-5-9-13-17/h4-15H,1-3H3. The Morgan fingerprint density at radius 3 is 1.41 bits per heavy atom. The van der Waals surface area contributed by atoms with E-state index in [0.717, 1.165) is 0 Å². The van der Waals surface area contributed by atoms with Crippen molar-refractivity contribution in [3.63, 3.8) is 0 Å². The molecule has 0 N–H and O–H groups in total. The van der Waals surface area contributed by atoms with Crippen molar-refractivity contribution in [1.82, 2.24) is 0 Å². The van der Waals surface area contributed by atoms with Gasteiger partial charge in [-0.3, -0.25) is 0 Å². The molecule has 0 atom stereocenters. The fraction of sp³-hybridized carbons (Fsp3) is 0.190. The topological polar surface area (TPSA) is 0 Å². The summed E-state index contributed by atoms with van der Waals surface area (Å²) in [6, 6.07) is 26.1. The molecule has 3 rings (SSSR count). The second kappa shape index (κ2) is 6.07. The highest BCUT2D eigenvalue weighted by atomic mass is 31.0. The lowest BCUT2D eigenvalue weighted by molar-refractivity contribution is 0.591. The number of benzene rings is 2. The van der Waals surface area contributed by atoms with Crippen LogP contribution in [0.4, 0.5) is 0 Å². The van der Waals surface area contributed by atoms with Crippen molar-refractivity contribution in [2.24, 2.45) is 0 Å². The van der Waals surface area contributed by atoms with E-state index in [4.69, 9.17) is 0 Å². The van der Waals surface area contributed by atoms with Crippen molar-refractivity contribution in [3.05, 3.63) is 78.4 Å². The minimum Gasteiger partial charge on any atom is -0.0622 e. The molecular weight excluding hydrogens is 283 g/mol. The molecule has 2 aromatic carbocycles. The average molecular weight is 304 g/mol. The van der Waals surface area contributed by atoms with E-state index in [1.165, 1.54) is 35.5 Å². The molecule has 0 aliphatic heterocycles. The van der Waals surface area contributed by atoms with Crippen LogP contribution in [0, 0.1) is 0 Å². The first-order valence-corrected chi connectivity index (χ1v) is 8.57. The quantitative estimate of drug-likeness (QED) is 0.483. The lowest BCUT2D eigenvalue weighted by Gasteiger charge is -2.21. The first kappa shape index (κ1) is 15.0. The Morgan fingerprint density at radius 1 is 0.636 bits per heavy atom. The molecule has 1 heteroatoms. The van der Waals surface area contributed by atoms with E-state index in [9.17, 15) is 0 Å². The number of hydrogen-bond donors (Lipinski definition) is 0. The van der Waals surface area contributed by atoms with E-state index in [0.29, 0.717) is 0 Å². The Bertz CT molecular complexity index is 695. The van der Waals surface area contributed by atoms with Crippen molar-refractivity contribution in [2.75, 3.05) is 0 Å². The van der Waals surface area contributed by atoms with Crippen LogP contribution in [0.5, 0.6) is 0 Å². The van der Waals surface area contributed by atoms with Gasteiger partial charge in [-0.15, -0.1) is 0 Å². The van der Waals surface area contributed by atoms with Gasteiger partial charge in [-0.1, -0.05) is 89.6 Å². The van der Waals surface area contributed by atoms with Crippen LogP contribution in [0.1, 0.15) is 26.3 Å². The van der Waals surface area contributed by atoms with Crippen LogP contribution in [0.2, 0.25) is 0 Å². The van der Waals surface area contributed by atoms with Gasteiger partial charge in [0, 0.05) is 10.6 Å². The van der Waals surface area contributed by atoms with Gasteiger partial charge in [-0.2, -0.15) is 0 Å². The zero-order valence-corrected chi connectivity index (χ0v) is 14.3. The highest BCUT2D eigenvalue weighted by molar-refractivity contribution is 7.37. The lowest BCUT2D eigenvalue weighted by atomic mass is 9.87. The molecule has 0 bridgehead atoms. The summed E-state index contributed by atoms with van der Waals surface area (Å²) >= 11 is 0. The van der Waals surface area contributed by atoms with Crippen LogP contribution in [0.25, 0.3) is 21.7 Å². The first-order valence-electron chi connectivity index (χ1n) is 7.67. The lowest BCUT2D eigenvalue weighted by Crippen LogP contribution is -2.10. The molecule has 1 aromatic heterocycles. The Kier molecular flexibility index (Phi) is 4.14. The maximum atomic E-state index is 2.36. The van der Waals surface area contributed by atoms with Crippen LogP contribution >= 0.6 is 8.19 Å². The maximum Gasteiger partial charge on any atom is 0.00991 e. The molecule has 22 heavy (non-hydrogen) atoms. The molecule has 110 valence electrons. The van der Waals surface area contributed by atoms with E-state index < -0.39 is 0 Å². The zero-order valence-electron chi connectivity index (χ0n) is 13.4. The van der Waals surface area contributed by atoms with E-state index in [1.54, 1.807) is 0 Å². The molecule has 0 fully saturated rings. The van der Waals surface area contributed by atoms with Gasteiger partial charge in [-0.25, -0.2) is 0 Å². The van der Waals surface area contributed by atoms with Crippen LogP contribution in [0.15, 0.2) is 72.8 Å². The van der Waals surface area contributed by atoms with E-state index in [2.05, 4.69) is 93.6 Å². The third-order valence-corrected chi connectivity index (χ3v) is 5.09. The van der Waals surface area contributed by atoms with E-state index in [-0.39, 0.29) is 5.41 Å². The van der Waals surface area contributed by atoms with Gasteiger partial charge in [0.1, 0.15) is 0 Å². The van der Waals surface area contributed by atoms with Crippen LogP contribution in [-0.4, -0.2) is 0 Å². The SMILES string of the molecule is CC(C)(C)c1cc(-c2ccccc2)pc(-c2ccccc2)c1. The van der Waals surface area contributed by atoms with Gasteiger partial charge < -0.3 is 0 Å². The summed E-state index contributed by atoms with van der Waals surface area (Å²) in [6.07, 6.45) is 0. The molecule has 3 aromatic rings. The molecule has 1 heterocycles. The monoisotopic (exact) mass is 304 g/mol. The molecule has 0 aliphatic carbocycles. The van der Waals surface area contributed by atoms with Crippen molar-refractivity contribution >= 4 is 8.19 Å². The van der Waals surface area contributed by atoms with Gasteiger partial charge in [0.2, 0.25) is 0 Å². The summed E-state index contributed by atoms with van der Waals surface area (Å²) in [7, 11) is 1.28. The highest BCUT2D eigenvalue weighted by Crippen LogP contribution is 2.40. The molecular formula is C21H21P. The van der Waals surface area contributed by atoms with Crippen molar-refractivity contribution in [1.29, 1.82) is 0 Å².